The second-order valence-electron chi connectivity index (χ2n) is 17.1. The van der Waals surface area contributed by atoms with Gasteiger partial charge in [0.25, 0.3) is 0 Å². The van der Waals surface area contributed by atoms with Crippen molar-refractivity contribution >= 4 is 92.8 Å². The van der Waals surface area contributed by atoms with E-state index in [1.807, 2.05) is 79.1 Å². The Hall–Kier alpha value is -9.49. The Bertz CT molecular complexity index is 4380. The van der Waals surface area contributed by atoms with E-state index in [4.69, 9.17) is 9.40 Å². The van der Waals surface area contributed by atoms with E-state index in [2.05, 4.69) is 141 Å². The highest BCUT2D eigenvalue weighted by molar-refractivity contribution is 6.34. The molecule has 0 unspecified atom stereocenters. The Morgan fingerprint density at radius 3 is 1.72 bits per heavy atom. The molecule has 6 nitrogen and oxygen atoms in total. The van der Waals surface area contributed by atoms with Gasteiger partial charge in [-0.2, -0.15) is 5.26 Å². The van der Waals surface area contributed by atoms with E-state index in [1.54, 1.807) is 0 Å². The van der Waals surface area contributed by atoms with E-state index in [1.165, 1.54) is 0 Å². The molecule has 0 N–H and O–H groups in total. The van der Waals surface area contributed by atoms with Gasteiger partial charge in [0.05, 0.1) is 51.8 Å². The number of nitrogens with zero attached hydrogens (tertiary/aromatic N) is 5. The Morgan fingerprint density at radius 1 is 0.433 bits per heavy atom. The molecule has 0 aliphatic rings. The fourth-order valence-corrected chi connectivity index (χ4v) is 11.2. The van der Waals surface area contributed by atoms with Crippen LogP contribution in [0.25, 0.3) is 137 Å². The van der Waals surface area contributed by atoms with Crippen LogP contribution in [0.1, 0.15) is 5.56 Å². The van der Waals surface area contributed by atoms with Crippen molar-refractivity contribution in [3.8, 4) is 50.8 Å². The molecule has 0 atom stereocenters. The number of benzene rings is 10. The maximum absolute atomic E-state index is 11.9. The lowest BCUT2D eigenvalue weighted by atomic mass is 9.88. The van der Waals surface area contributed by atoms with Crippen molar-refractivity contribution in [2.45, 2.75) is 0 Å². The van der Waals surface area contributed by atoms with Gasteiger partial charge in [-0.05, 0) is 68.7 Å². The maximum atomic E-state index is 11.9. The predicted octanol–water partition coefficient (Wildman–Crippen LogP) is 16.3. The number of para-hydroxylation sites is 2. The third-order valence-corrected chi connectivity index (χ3v) is 13.8. The lowest BCUT2D eigenvalue weighted by Gasteiger charge is -2.25. The summed E-state index contributed by atoms with van der Waals surface area (Å²) in [7, 11) is 0. The van der Waals surface area contributed by atoms with Crippen molar-refractivity contribution in [2.75, 3.05) is 0 Å². The second kappa shape index (κ2) is 14.0. The molecular formula is C61H33N5O. The van der Waals surface area contributed by atoms with Crippen molar-refractivity contribution in [2.24, 2.45) is 0 Å². The minimum absolute atomic E-state index is 0.386. The van der Waals surface area contributed by atoms with Gasteiger partial charge in [0.15, 0.2) is 0 Å². The van der Waals surface area contributed by atoms with Gasteiger partial charge in [-0.1, -0.05) is 158 Å². The quantitative estimate of drug-likeness (QED) is 0.128. The van der Waals surface area contributed by atoms with Crippen LogP contribution in [-0.4, -0.2) is 14.1 Å². The molecule has 0 radical (unpaired) electrons. The molecule has 14 aromatic rings. The van der Waals surface area contributed by atoms with E-state index >= 15 is 0 Å². The molecule has 0 saturated carbocycles. The van der Waals surface area contributed by atoms with Crippen LogP contribution in [0.4, 0.5) is 5.69 Å². The molecule has 10 aromatic carbocycles. The fourth-order valence-electron chi connectivity index (χ4n) is 11.2. The molecule has 4 aromatic heterocycles. The third-order valence-electron chi connectivity index (χ3n) is 13.8. The number of hydrogen-bond donors (Lipinski definition) is 0. The molecule has 0 fully saturated rings. The average Bonchev–Trinajstić information content (AvgIpc) is 4.06. The van der Waals surface area contributed by atoms with Crippen LogP contribution in [0.2, 0.25) is 0 Å². The third kappa shape index (κ3) is 4.99. The molecule has 0 aliphatic carbocycles. The summed E-state index contributed by atoms with van der Waals surface area (Å²) in [6.07, 6.45) is 3.91. The second-order valence-corrected chi connectivity index (χ2v) is 17.1. The summed E-state index contributed by atoms with van der Waals surface area (Å²) in [4.78, 5) is 9.43. The molecule has 0 bridgehead atoms. The van der Waals surface area contributed by atoms with Crippen LogP contribution >= 0.6 is 0 Å². The van der Waals surface area contributed by atoms with Gasteiger partial charge in [0.2, 0.25) is 5.69 Å². The summed E-state index contributed by atoms with van der Waals surface area (Å²) in [5.41, 5.74) is 12.7. The van der Waals surface area contributed by atoms with Crippen LogP contribution in [0.15, 0.2) is 205 Å². The smallest absolute Gasteiger partial charge is 0.220 e. The Kier molecular flexibility index (Phi) is 7.72. The minimum Gasteiger partial charge on any atom is -0.456 e. The van der Waals surface area contributed by atoms with Gasteiger partial charge < -0.3 is 13.6 Å². The molecule has 0 amide bonds. The number of nitriles is 1. The highest BCUT2D eigenvalue weighted by Gasteiger charge is 2.33. The number of hydrogen-bond acceptors (Lipinski definition) is 3. The van der Waals surface area contributed by atoms with E-state index in [0.717, 1.165) is 115 Å². The monoisotopic (exact) mass is 851 g/mol. The topological polar surface area (TPSA) is 64.0 Å². The highest BCUT2D eigenvalue weighted by Crippen LogP contribution is 2.54. The van der Waals surface area contributed by atoms with Gasteiger partial charge in [-0.25, -0.2) is 4.85 Å². The minimum atomic E-state index is 0.386. The maximum Gasteiger partial charge on any atom is 0.220 e. The standard InChI is InChI=1S/C61H33N5O/c1-63-59-53(36-17-4-2-5-18-36)45(33-62)60(65-47-28-12-10-23-43(47)55-41(26-15-29-48(55)65)42-27-16-32-52-56(42)44-24-11-13-31-51(44)67-52)54(37-19-6-3-7-20-37)61(59)66-49-30-14-25-40-38-21-8-9-22-39(38)46-34-64-35-50(66)58(46)57(40)49/h2-32,34-35H. The van der Waals surface area contributed by atoms with Crippen molar-refractivity contribution in [3.05, 3.63) is 217 Å². The van der Waals surface area contributed by atoms with Gasteiger partial charge in [-0.3, -0.25) is 4.98 Å². The van der Waals surface area contributed by atoms with E-state index in [9.17, 15) is 11.8 Å². The molecule has 308 valence electrons. The first kappa shape index (κ1) is 36.9. The molecule has 0 spiro atoms. The first-order valence-corrected chi connectivity index (χ1v) is 22.3. The highest BCUT2D eigenvalue weighted by atomic mass is 16.3. The van der Waals surface area contributed by atoms with Gasteiger partial charge in [0.1, 0.15) is 17.2 Å². The average molecular weight is 852 g/mol. The van der Waals surface area contributed by atoms with Crippen molar-refractivity contribution in [1.82, 2.24) is 14.1 Å². The van der Waals surface area contributed by atoms with Gasteiger partial charge in [-0.15, -0.1) is 0 Å². The molecule has 0 saturated heterocycles. The van der Waals surface area contributed by atoms with E-state index < -0.39 is 0 Å². The van der Waals surface area contributed by atoms with Crippen LogP contribution < -0.4 is 0 Å². The zero-order chi connectivity index (χ0) is 44.3. The van der Waals surface area contributed by atoms with Crippen molar-refractivity contribution in [1.29, 1.82) is 5.26 Å². The zero-order valence-corrected chi connectivity index (χ0v) is 35.7. The van der Waals surface area contributed by atoms with Crippen LogP contribution in [0, 0.1) is 17.9 Å². The Labute approximate surface area is 383 Å². The lowest BCUT2D eigenvalue weighted by Crippen LogP contribution is -2.08. The summed E-state index contributed by atoms with van der Waals surface area (Å²) in [5.74, 6) is 0. The Balaban J connectivity index is 1.22. The number of aromatic nitrogens is 3. The SMILES string of the molecule is [C-]#[N+]c1c(-c2ccccc2)c(C#N)c(-n2c3ccccc3c3c(-c4cccc5oc6ccccc6c45)cccc32)c(-c2ccccc2)c1-n1c2cccc3c4ccccc4c4cncc1c4c32. The summed E-state index contributed by atoms with van der Waals surface area (Å²) in [5, 5.41) is 22.7. The summed E-state index contributed by atoms with van der Waals surface area (Å²) < 4.78 is 11.0. The Morgan fingerprint density at radius 2 is 0.970 bits per heavy atom. The number of pyridine rings is 1. The number of fused-ring (bicyclic) bond motifs is 9. The van der Waals surface area contributed by atoms with Crippen LogP contribution in [-0.2, 0) is 0 Å². The summed E-state index contributed by atoms with van der Waals surface area (Å²) in [6, 6.07) is 67.4. The predicted molar refractivity (Wildman–Crippen MR) is 274 cm³/mol. The molecule has 14 rings (SSSR count). The number of rotatable bonds is 5. The fraction of sp³-hybridized carbons (Fsp3) is 0. The first-order chi connectivity index (χ1) is 33.2. The van der Waals surface area contributed by atoms with Crippen molar-refractivity contribution in [3.63, 3.8) is 0 Å². The number of furan rings is 1. The van der Waals surface area contributed by atoms with Crippen molar-refractivity contribution < 1.29 is 4.42 Å². The molecule has 6 heteroatoms. The van der Waals surface area contributed by atoms with Gasteiger partial charge >= 0.3 is 0 Å². The van der Waals surface area contributed by atoms with E-state index in [-0.39, 0.29) is 0 Å². The van der Waals surface area contributed by atoms with Crippen LogP contribution in [0.3, 0.4) is 0 Å². The largest absolute Gasteiger partial charge is 0.456 e. The summed E-state index contributed by atoms with van der Waals surface area (Å²) >= 11 is 0. The first-order valence-electron chi connectivity index (χ1n) is 22.3. The zero-order valence-electron chi connectivity index (χ0n) is 35.7. The normalized spacial score (nSPS) is 11.9. The van der Waals surface area contributed by atoms with E-state index in [0.29, 0.717) is 28.2 Å². The molecular weight excluding hydrogens is 819 g/mol. The molecule has 0 aliphatic heterocycles. The molecule has 67 heavy (non-hydrogen) atoms. The summed E-state index contributed by atoms with van der Waals surface area (Å²) in [6.45, 7) is 9.24. The lowest BCUT2D eigenvalue weighted by molar-refractivity contribution is 0.669. The molecule has 4 heterocycles. The van der Waals surface area contributed by atoms with Gasteiger partial charge in [0, 0.05) is 55.0 Å². The van der Waals surface area contributed by atoms with Crippen LogP contribution in [0.5, 0.6) is 0 Å².